The number of hydrogen-bond donors (Lipinski definition) is 1. The lowest BCUT2D eigenvalue weighted by molar-refractivity contribution is 0.530. The van der Waals surface area contributed by atoms with Gasteiger partial charge in [0, 0.05) is 21.9 Å². The summed E-state index contributed by atoms with van der Waals surface area (Å²) in [6.07, 6.45) is 2.34. The Morgan fingerprint density at radius 1 is 1.39 bits per heavy atom. The molecule has 0 saturated heterocycles. The first kappa shape index (κ1) is 12.7. The van der Waals surface area contributed by atoms with E-state index in [4.69, 9.17) is 11.6 Å². The molecule has 0 fully saturated rings. The molecule has 1 nitrogen and oxygen atoms in total. The van der Waals surface area contributed by atoms with Gasteiger partial charge in [-0.2, -0.15) is 0 Å². The van der Waals surface area contributed by atoms with Crippen molar-refractivity contribution in [3.8, 4) is 0 Å². The van der Waals surface area contributed by atoms with Gasteiger partial charge in [0.2, 0.25) is 0 Å². The Hall–Kier alpha value is -0.350. The van der Waals surface area contributed by atoms with Crippen molar-refractivity contribution in [3.63, 3.8) is 0 Å². The molecular weight excluding hydrogens is 330 g/mol. The van der Waals surface area contributed by atoms with Crippen LogP contribution in [-0.2, 0) is 13.0 Å². The average Bonchev–Trinajstić information content (AvgIpc) is 2.86. The van der Waals surface area contributed by atoms with Crippen LogP contribution in [0.1, 0.15) is 28.5 Å². The molecule has 0 amide bonds. The maximum absolute atomic E-state index is 6.07. The molecule has 4 heteroatoms. The number of benzene rings is 1. The SMILES string of the molecule is Clc1cc2c(s1)CCC2NCc1cccc(Br)c1. The molecule has 1 N–H and O–H groups in total. The molecule has 1 unspecified atom stereocenters. The van der Waals surface area contributed by atoms with Crippen LogP contribution in [0.15, 0.2) is 34.8 Å². The number of hydrogen-bond acceptors (Lipinski definition) is 2. The highest BCUT2D eigenvalue weighted by molar-refractivity contribution is 9.10. The second-order valence-corrected chi connectivity index (χ2v) is 7.21. The van der Waals surface area contributed by atoms with Crippen LogP contribution in [0.5, 0.6) is 0 Å². The molecule has 3 rings (SSSR count). The molecule has 0 aliphatic heterocycles. The maximum atomic E-state index is 6.07. The Bertz CT molecular complexity index is 567. The van der Waals surface area contributed by atoms with Crippen LogP contribution in [0.3, 0.4) is 0 Å². The van der Waals surface area contributed by atoms with E-state index >= 15 is 0 Å². The van der Waals surface area contributed by atoms with E-state index in [1.54, 1.807) is 11.3 Å². The highest BCUT2D eigenvalue weighted by Gasteiger charge is 2.24. The first-order valence-corrected chi connectivity index (χ1v) is 7.97. The van der Waals surface area contributed by atoms with E-state index in [2.05, 4.69) is 51.6 Å². The molecule has 1 aromatic carbocycles. The van der Waals surface area contributed by atoms with Crippen LogP contribution in [0, 0.1) is 0 Å². The number of halogens is 2. The summed E-state index contributed by atoms with van der Waals surface area (Å²) in [6, 6.07) is 11.0. The Morgan fingerprint density at radius 3 is 3.11 bits per heavy atom. The number of fused-ring (bicyclic) bond motifs is 1. The lowest BCUT2D eigenvalue weighted by atomic mass is 10.1. The Labute approximate surface area is 124 Å². The van der Waals surface area contributed by atoms with Crippen molar-refractivity contribution < 1.29 is 0 Å². The highest BCUT2D eigenvalue weighted by Crippen LogP contribution is 2.39. The van der Waals surface area contributed by atoms with Gasteiger partial charge in [-0.05, 0) is 42.2 Å². The Balaban J connectivity index is 1.68. The average molecular weight is 343 g/mol. The van der Waals surface area contributed by atoms with Gasteiger partial charge in [0.05, 0.1) is 4.34 Å². The summed E-state index contributed by atoms with van der Waals surface area (Å²) in [5.41, 5.74) is 2.71. The molecule has 0 spiro atoms. The predicted octanol–water partition coefficient (Wildman–Crippen LogP) is 4.94. The summed E-state index contributed by atoms with van der Waals surface area (Å²) in [7, 11) is 0. The lowest BCUT2D eigenvalue weighted by Crippen LogP contribution is -2.18. The largest absolute Gasteiger partial charge is 0.306 e. The van der Waals surface area contributed by atoms with Gasteiger partial charge in [0.1, 0.15) is 0 Å². The molecule has 1 aromatic heterocycles. The van der Waals surface area contributed by atoms with Gasteiger partial charge >= 0.3 is 0 Å². The highest BCUT2D eigenvalue weighted by atomic mass is 79.9. The fourth-order valence-corrected chi connectivity index (χ4v) is 4.23. The van der Waals surface area contributed by atoms with Crippen molar-refractivity contribution in [2.75, 3.05) is 0 Å². The minimum absolute atomic E-state index is 0.461. The Morgan fingerprint density at radius 2 is 2.28 bits per heavy atom. The van der Waals surface area contributed by atoms with E-state index in [1.165, 1.54) is 22.4 Å². The zero-order valence-electron chi connectivity index (χ0n) is 9.75. The van der Waals surface area contributed by atoms with Crippen LogP contribution >= 0.6 is 38.9 Å². The molecule has 0 saturated carbocycles. The third kappa shape index (κ3) is 2.64. The normalized spacial score (nSPS) is 18.0. The number of aryl methyl sites for hydroxylation is 1. The zero-order chi connectivity index (χ0) is 12.5. The summed E-state index contributed by atoms with van der Waals surface area (Å²) in [4.78, 5) is 1.45. The zero-order valence-corrected chi connectivity index (χ0v) is 12.9. The van der Waals surface area contributed by atoms with Crippen LogP contribution in [0.2, 0.25) is 4.34 Å². The number of thiophene rings is 1. The summed E-state index contributed by atoms with van der Waals surface area (Å²) < 4.78 is 2.04. The van der Waals surface area contributed by atoms with Crippen LogP contribution in [0.25, 0.3) is 0 Å². The Kier molecular flexibility index (Phi) is 3.76. The second kappa shape index (κ2) is 5.33. The standard InChI is InChI=1S/C14H13BrClNS/c15-10-3-1-2-9(6-10)8-17-12-4-5-13-11(12)7-14(16)18-13/h1-3,6-7,12,17H,4-5,8H2. The van der Waals surface area contributed by atoms with Crippen molar-refractivity contribution >= 4 is 38.9 Å². The van der Waals surface area contributed by atoms with E-state index in [-0.39, 0.29) is 0 Å². The summed E-state index contributed by atoms with van der Waals surface area (Å²) in [5.74, 6) is 0. The third-order valence-corrected chi connectivity index (χ3v) is 5.12. The molecule has 94 valence electrons. The minimum atomic E-state index is 0.461. The molecule has 1 aliphatic carbocycles. The maximum Gasteiger partial charge on any atom is 0.0934 e. The van der Waals surface area contributed by atoms with Gasteiger partial charge in [0.25, 0.3) is 0 Å². The van der Waals surface area contributed by atoms with Crippen molar-refractivity contribution in [2.45, 2.75) is 25.4 Å². The van der Waals surface area contributed by atoms with Gasteiger partial charge in [-0.3, -0.25) is 0 Å². The smallest absolute Gasteiger partial charge is 0.0934 e. The number of rotatable bonds is 3. The van der Waals surface area contributed by atoms with Crippen LogP contribution in [0.4, 0.5) is 0 Å². The van der Waals surface area contributed by atoms with E-state index in [9.17, 15) is 0 Å². The van der Waals surface area contributed by atoms with E-state index in [1.807, 2.05) is 0 Å². The van der Waals surface area contributed by atoms with E-state index in [0.29, 0.717) is 6.04 Å². The summed E-state index contributed by atoms with van der Waals surface area (Å²) in [6.45, 7) is 0.900. The van der Waals surface area contributed by atoms with Crippen molar-refractivity contribution in [1.82, 2.24) is 5.32 Å². The number of nitrogens with one attached hydrogen (secondary N) is 1. The molecular formula is C14H13BrClNS. The molecule has 18 heavy (non-hydrogen) atoms. The van der Waals surface area contributed by atoms with Crippen molar-refractivity contribution in [3.05, 3.63) is 55.1 Å². The van der Waals surface area contributed by atoms with Gasteiger partial charge < -0.3 is 5.32 Å². The molecule has 0 radical (unpaired) electrons. The second-order valence-electron chi connectivity index (χ2n) is 4.53. The topological polar surface area (TPSA) is 12.0 Å². The fourth-order valence-electron chi connectivity index (χ4n) is 2.43. The first-order valence-electron chi connectivity index (χ1n) is 5.98. The summed E-state index contributed by atoms with van der Waals surface area (Å²) >= 11 is 11.3. The lowest BCUT2D eigenvalue weighted by Gasteiger charge is -2.13. The molecule has 1 aliphatic rings. The first-order chi connectivity index (χ1) is 8.72. The molecule has 0 bridgehead atoms. The monoisotopic (exact) mass is 341 g/mol. The van der Waals surface area contributed by atoms with Gasteiger partial charge in [-0.25, -0.2) is 0 Å². The van der Waals surface area contributed by atoms with Crippen molar-refractivity contribution in [2.24, 2.45) is 0 Å². The fraction of sp³-hybridized carbons (Fsp3) is 0.286. The van der Waals surface area contributed by atoms with Gasteiger partial charge in [0.15, 0.2) is 0 Å². The molecule has 2 aromatic rings. The van der Waals surface area contributed by atoms with E-state index < -0.39 is 0 Å². The van der Waals surface area contributed by atoms with Crippen molar-refractivity contribution in [1.29, 1.82) is 0 Å². The van der Waals surface area contributed by atoms with Gasteiger partial charge in [-0.1, -0.05) is 39.7 Å². The predicted molar refractivity (Wildman–Crippen MR) is 81.4 cm³/mol. The van der Waals surface area contributed by atoms with Gasteiger partial charge in [-0.15, -0.1) is 11.3 Å². The summed E-state index contributed by atoms with van der Waals surface area (Å²) in [5, 5.41) is 3.62. The van der Waals surface area contributed by atoms with Crippen LogP contribution < -0.4 is 5.32 Å². The third-order valence-electron chi connectivity index (χ3n) is 3.29. The minimum Gasteiger partial charge on any atom is -0.306 e. The van der Waals surface area contributed by atoms with Crippen LogP contribution in [-0.4, -0.2) is 0 Å². The molecule has 1 atom stereocenters. The quantitative estimate of drug-likeness (QED) is 0.833. The molecule has 1 heterocycles. The van der Waals surface area contributed by atoms with E-state index in [0.717, 1.165) is 21.8 Å².